The van der Waals surface area contributed by atoms with Gasteiger partial charge in [-0.25, -0.2) is 9.78 Å². The van der Waals surface area contributed by atoms with E-state index in [2.05, 4.69) is 15.4 Å². The van der Waals surface area contributed by atoms with Gasteiger partial charge in [-0.05, 0) is 25.0 Å². The van der Waals surface area contributed by atoms with Crippen LogP contribution in [0.1, 0.15) is 18.3 Å². The fourth-order valence-electron chi connectivity index (χ4n) is 2.28. The lowest BCUT2D eigenvalue weighted by molar-refractivity contribution is -0.144. The Morgan fingerprint density at radius 1 is 1.40 bits per heavy atom. The lowest BCUT2D eigenvalue weighted by Crippen LogP contribution is -2.36. The number of nitrogens with zero attached hydrogens (tertiary/aromatic N) is 4. The highest BCUT2D eigenvalue weighted by Gasteiger charge is 2.35. The molecular weight excluding hydrogens is 339 g/mol. The maximum atomic E-state index is 12.9. The van der Waals surface area contributed by atoms with Gasteiger partial charge in [0.25, 0.3) is 0 Å². The largest absolute Gasteiger partial charge is 0.433 e. The molecule has 2 aromatic heterocycles. The van der Waals surface area contributed by atoms with Crippen LogP contribution < -0.4 is 11.0 Å². The molecule has 0 bridgehead atoms. The molecule has 136 valence electrons. The van der Waals surface area contributed by atoms with E-state index in [0.29, 0.717) is 0 Å². The summed E-state index contributed by atoms with van der Waals surface area (Å²) in [4.78, 5) is 26.8. The van der Waals surface area contributed by atoms with Gasteiger partial charge in [0, 0.05) is 25.5 Å². The van der Waals surface area contributed by atoms with Gasteiger partial charge in [0.15, 0.2) is 0 Å². The summed E-state index contributed by atoms with van der Waals surface area (Å²) in [6, 6.07) is 2.51. The number of carbonyl (C=O) groups excluding carboxylic acids is 1. The fourth-order valence-corrected chi connectivity index (χ4v) is 2.28. The number of alkyl halides is 3. The molecule has 0 spiro atoms. The molecule has 0 aliphatic rings. The number of hydrogen-bond acceptors (Lipinski definition) is 4. The van der Waals surface area contributed by atoms with Crippen molar-refractivity contribution in [1.29, 1.82) is 0 Å². The van der Waals surface area contributed by atoms with Gasteiger partial charge in [-0.2, -0.15) is 18.3 Å². The van der Waals surface area contributed by atoms with E-state index < -0.39 is 23.5 Å². The Labute approximate surface area is 141 Å². The van der Waals surface area contributed by atoms with E-state index in [1.165, 1.54) is 25.4 Å². The zero-order valence-electron chi connectivity index (χ0n) is 13.7. The second-order valence-corrected chi connectivity index (χ2v) is 5.79. The Morgan fingerprint density at radius 2 is 2.12 bits per heavy atom. The predicted octanol–water partition coefficient (Wildman–Crippen LogP) is 1.22. The number of carbonyl (C=O) groups is 1. The zero-order chi connectivity index (χ0) is 18.6. The standard InChI is InChI=1S/C15H18F3N5O2/c1-10(8-23-12(15(16,17)18)6-11(2)21-23)7-20-13(24)9-22-5-3-4-19-14(22)25/h3-6,10H,7-9H2,1-2H3,(H,20,24)/t10-/m0/s1. The highest BCUT2D eigenvalue weighted by atomic mass is 19.4. The third kappa shape index (κ3) is 5.16. The van der Waals surface area contributed by atoms with Crippen molar-refractivity contribution in [3.05, 3.63) is 46.4 Å². The molecule has 7 nitrogen and oxygen atoms in total. The van der Waals surface area contributed by atoms with Crippen LogP contribution in [0.5, 0.6) is 0 Å². The lowest BCUT2D eigenvalue weighted by atomic mass is 10.2. The quantitative estimate of drug-likeness (QED) is 0.843. The Hall–Kier alpha value is -2.65. The van der Waals surface area contributed by atoms with Gasteiger partial charge in [-0.1, -0.05) is 6.92 Å². The van der Waals surface area contributed by atoms with E-state index in [1.54, 1.807) is 6.92 Å². The number of halogens is 3. The molecule has 0 radical (unpaired) electrons. The SMILES string of the molecule is Cc1cc(C(F)(F)F)n(C[C@@H](C)CNC(=O)Cn2cccnc2=O)n1. The highest BCUT2D eigenvalue weighted by Crippen LogP contribution is 2.30. The minimum absolute atomic E-state index is 0.00973. The second-order valence-electron chi connectivity index (χ2n) is 5.79. The summed E-state index contributed by atoms with van der Waals surface area (Å²) in [5.41, 5.74) is -1.09. The minimum atomic E-state index is -4.48. The number of amides is 1. The maximum absolute atomic E-state index is 12.9. The smallest absolute Gasteiger partial charge is 0.354 e. The molecule has 25 heavy (non-hydrogen) atoms. The predicted molar refractivity (Wildman–Crippen MR) is 82.6 cm³/mol. The molecule has 0 fully saturated rings. The molecule has 1 amide bonds. The number of aryl methyl sites for hydroxylation is 1. The summed E-state index contributed by atoms with van der Waals surface area (Å²) in [5, 5.41) is 6.45. The van der Waals surface area contributed by atoms with Crippen LogP contribution in [-0.2, 0) is 24.1 Å². The molecule has 1 N–H and O–H groups in total. The zero-order valence-corrected chi connectivity index (χ0v) is 13.7. The molecule has 2 heterocycles. The second kappa shape index (κ2) is 7.49. The molecule has 2 aromatic rings. The van der Waals surface area contributed by atoms with Crippen molar-refractivity contribution in [1.82, 2.24) is 24.6 Å². The molecule has 0 aromatic carbocycles. The van der Waals surface area contributed by atoms with Crippen LogP contribution in [0.4, 0.5) is 13.2 Å². The van der Waals surface area contributed by atoms with Gasteiger partial charge in [-0.15, -0.1) is 0 Å². The molecular formula is C15H18F3N5O2. The lowest BCUT2D eigenvalue weighted by Gasteiger charge is -2.16. The first-order valence-corrected chi connectivity index (χ1v) is 7.56. The van der Waals surface area contributed by atoms with Gasteiger partial charge < -0.3 is 5.32 Å². The van der Waals surface area contributed by atoms with Crippen molar-refractivity contribution in [3.63, 3.8) is 0 Å². The summed E-state index contributed by atoms with van der Waals surface area (Å²) in [6.07, 6.45) is -1.73. The van der Waals surface area contributed by atoms with Crippen molar-refractivity contribution in [2.45, 2.75) is 33.1 Å². The van der Waals surface area contributed by atoms with Crippen LogP contribution >= 0.6 is 0 Å². The minimum Gasteiger partial charge on any atom is -0.354 e. The first-order valence-electron chi connectivity index (χ1n) is 7.56. The molecule has 2 rings (SSSR count). The Bertz CT molecular complexity index is 797. The first kappa shape index (κ1) is 18.7. The van der Waals surface area contributed by atoms with Crippen LogP contribution in [0.2, 0.25) is 0 Å². The van der Waals surface area contributed by atoms with Crippen molar-refractivity contribution in [2.75, 3.05) is 6.54 Å². The molecule has 10 heteroatoms. The molecule has 0 aliphatic heterocycles. The third-order valence-corrected chi connectivity index (χ3v) is 3.42. The molecule has 1 atom stereocenters. The van der Waals surface area contributed by atoms with Crippen molar-refractivity contribution < 1.29 is 18.0 Å². The van der Waals surface area contributed by atoms with Crippen LogP contribution in [0, 0.1) is 12.8 Å². The van der Waals surface area contributed by atoms with Gasteiger partial charge in [0.05, 0.1) is 5.69 Å². The number of aromatic nitrogens is 4. The monoisotopic (exact) mass is 357 g/mol. The third-order valence-electron chi connectivity index (χ3n) is 3.42. The Balaban J connectivity index is 1.91. The average molecular weight is 357 g/mol. The Morgan fingerprint density at radius 3 is 2.76 bits per heavy atom. The van der Waals surface area contributed by atoms with E-state index in [4.69, 9.17) is 0 Å². The number of rotatable bonds is 6. The maximum Gasteiger partial charge on any atom is 0.433 e. The fraction of sp³-hybridized carbons (Fsp3) is 0.467. The van der Waals surface area contributed by atoms with Gasteiger partial charge in [0.2, 0.25) is 5.91 Å². The topological polar surface area (TPSA) is 81.8 Å². The molecule has 0 unspecified atom stereocenters. The highest BCUT2D eigenvalue weighted by molar-refractivity contribution is 5.75. The summed E-state index contributed by atoms with van der Waals surface area (Å²) in [7, 11) is 0. The van der Waals surface area contributed by atoms with Crippen LogP contribution in [-0.4, -0.2) is 31.8 Å². The molecule has 0 saturated heterocycles. The van der Waals surface area contributed by atoms with Gasteiger partial charge in [-0.3, -0.25) is 14.0 Å². The van der Waals surface area contributed by atoms with Gasteiger partial charge >= 0.3 is 11.9 Å². The van der Waals surface area contributed by atoms with Crippen molar-refractivity contribution >= 4 is 5.91 Å². The van der Waals surface area contributed by atoms with Crippen LogP contribution in [0.3, 0.4) is 0 Å². The normalized spacial score (nSPS) is 12.8. The van der Waals surface area contributed by atoms with Crippen molar-refractivity contribution in [3.8, 4) is 0 Å². The van der Waals surface area contributed by atoms with Crippen molar-refractivity contribution in [2.24, 2.45) is 5.92 Å². The number of nitrogens with one attached hydrogen (secondary N) is 1. The summed E-state index contributed by atoms with van der Waals surface area (Å²) in [6.45, 7) is 3.16. The summed E-state index contributed by atoms with van der Waals surface area (Å²) in [5.74, 6) is -0.704. The van der Waals surface area contributed by atoms with Crippen LogP contribution in [0.15, 0.2) is 29.3 Å². The summed E-state index contributed by atoms with van der Waals surface area (Å²) >= 11 is 0. The van der Waals surface area contributed by atoms with E-state index in [-0.39, 0.29) is 31.2 Å². The van der Waals surface area contributed by atoms with E-state index >= 15 is 0 Å². The van der Waals surface area contributed by atoms with Crippen LogP contribution in [0.25, 0.3) is 0 Å². The van der Waals surface area contributed by atoms with Gasteiger partial charge in [0.1, 0.15) is 12.2 Å². The first-order chi connectivity index (χ1) is 11.7. The Kier molecular flexibility index (Phi) is 5.60. The van der Waals surface area contributed by atoms with E-state index in [1.807, 2.05) is 0 Å². The van der Waals surface area contributed by atoms with E-state index in [9.17, 15) is 22.8 Å². The van der Waals surface area contributed by atoms with E-state index in [0.717, 1.165) is 15.3 Å². The summed E-state index contributed by atoms with van der Waals surface area (Å²) < 4.78 is 40.9. The number of hydrogen-bond donors (Lipinski definition) is 1. The molecule has 0 aliphatic carbocycles. The molecule has 0 saturated carbocycles. The average Bonchev–Trinajstić information content (AvgIpc) is 2.88.